The second kappa shape index (κ2) is 7.55. The Kier molecular flexibility index (Phi) is 5.74. The first-order chi connectivity index (χ1) is 9.70. The molecule has 1 unspecified atom stereocenters. The number of aryl methyl sites for hydroxylation is 1. The maximum absolute atomic E-state index is 13.4. The van der Waals surface area contributed by atoms with E-state index in [9.17, 15) is 4.39 Å². The first-order valence-electron chi connectivity index (χ1n) is 6.87. The highest BCUT2D eigenvalue weighted by molar-refractivity contribution is 9.10. The summed E-state index contributed by atoms with van der Waals surface area (Å²) in [6, 6.07) is 15.5. The van der Waals surface area contributed by atoms with E-state index >= 15 is 0 Å². The van der Waals surface area contributed by atoms with Crippen molar-refractivity contribution in [2.75, 3.05) is 7.05 Å². The van der Waals surface area contributed by atoms with Gasteiger partial charge < -0.3 is 5.32 Å². The van der Waals surface area contributed by atoms with Gasteiger partial charge in [0, 0.05) is 10.5 Å². The van der Waals surface area contributed by atoms with Crippen molar-refractivity contribution in [3.05, 3.63) is 69.9 Å². The van der Waals surface area contributed by atoms with Crippen molar-refractivity contribution in [3.8, 4) is 0 Å². The summed E-state index contributed by atoms with van der Waals surface area (Å²) in [5, 5.41) is 3.28. The fourth-order valence-corrected chi connectivity index (χ4v) is 2.91. The molecular weight excluding hydrogens is 317 g/mol. The molecule has 0 fully saturated rings. The van der Waals surface area contributed by atoms with Gasteiger partial charge in [0.25, 0.3) is 0 Å². The summed E-state index contributed by atoms with van der Waals surface area (Å²) in [6.45, 7) is 0. The van der Waals surface area contributed by atoms with Crippen molar-refractivity contribution in [1.82, 2.24) is 5.32 Å². The molecule has 2 aromatic carbocycles. The molecule has 0 amide bonds. The molecular formula is C17H19BrFN. The summed E-state index contributed by atoms with van der Waals surface area (Å²) >= 11 is 3.50. The molecule has 0 heterocycles. The van der Waals surface area contributed by atoms with Gasteiger partial charge in [-0.2, -0.15) is 0 Å². The van der Waals surface area contributed by atoms with Crippen LogP contribution in [0.15, 0.2) is 53.0 Å². The zero-order valence-corrected chi connectivity index (χ0v) is 13.2. The summed E-state index contributed by atoms with van der Waals surface area (Å²) in [4.78, 5) is 0. The fraction of sp³-hybridized carbons (Fsp3) is 0.294. The summed E-state index contributed by atoms with van der Waals surface area (Å²) in [5.74, 6) is -0.188. The third-order valence-corrected chi connectivity index (χ3v) is 4.21. The maximum Gasteiger partial charge on any atom is 0.123 e. The Morgan fingerprint density at radius 2 is 1.90 bits per heavy atom. The van der Waals surface area contributed by atoms with Gasteiger partial charge in [0.15, 0.2) is 0 Å². The second-order valence-corrected chi connectivity index (χ2v) is 5.74. The van der Waals surface area contributed by atoms with E-state index in [1.807, 2.05) is 13.1 Å². The van der Waals surface area contributed by atoms with E-state index in [1.54, 1.807) is 12.1 Å². The number of rotatable bonds is 6. The predicted octanol–water partition coefficient (Wildman–Crippen LogP) is 4.87. The summed E-state index contributed by atoms with van der Waals surface area (Å²) < 4.78 is 14.3. The van der Waals surface area contributed by atoms with Crippen LogP contribution >= 0.6 is 15.9 Å². The molecule has 0 aliphatic heterocycles. The van der Waals surface area contributed by atoms with Crippen LogP contribution in [0.4, 0.5) is 4.39 Å². The van der Waals surface area contributed by atoms with Gasteiger partial charge in [-0.1, -0.05) is 46.3 Å². The monoisotopic (exact) mass is 335 g/mol. The molecule has 0 saturated carbocycles. The van der Waals surface area contributed by atoms with Gasteiger partial charge in [0.05, 0.1) is 0 Å². The average Bonchev–Trinajstić information content (AvgIpc) is 2.48. The number of benzene rings is 2. The lowest BCUT2D eigenvalue weighted by Gasteiger charge is -2.18. The molecule has 0 bridgehead atoms. The first-order valence-corrected chi connectivity index (χ1v) is 7.66. The SMILES string of the molecule is CNC(CCCc1ccccc1)c1cc(F)ccc1Br. The molecule has 2 aromatic rings. The van der Waals surface area contributed by atoms with Crippen molar-refractivity contribution < 1.29 is 4.39 Å². The van der Waals surface area contributed by atoms with Gasteiger partial charge in [-0.3, -0.25) is 0 Å². The fourth-order valence-electron chi connectivity index (χ4n) is 2.39. The van der Waals surface area contributed by atoms with Crippen LogP contribution in [0.2, 0.25) is 0 Å². The Morgan fingerprint density at radius 1 is 1.15 bits per heavy atom. The average molecular weight is 336 g/mol. The molecule has 1 nitrogen and oxygen atoms in total. The largest absolute Gasteiger partial charge is 0.313 e. The van der Waals surface area contributed by atoms with Crippen LogP contribution in [0, 0.1) is 5.82 Å². The second-order valence-electron chi connectivity index (χ2n) is 4.88. The molecule has 20 heavy (non-hydrogen) atoms. The minimum Gasteiger partial charge on any atom is -0.313 e. The molecule has 0 saturated heterocycles. The maximum atomic E-state index is 13.4. The van der Waals surface area contributed by atoms with Crippen molar-refractivity contribution in [2.45, 2.75) is 25.3 Å². The van der Waals surface area contributed by atoms with E-state index in [-0.39, 0.29) is 11.9 Å². The third kappa shape index (κ3) is 4.15. The smallest absolute Gasteiger partial charge is 0.123 e. The number of hydrogen-bond donors (Lipinski definition) is 1. The van der Waals surface area contributed by atoms with Crippen LogP contribution in [0.1, 0.15) is 30.0 Å². The van der Waals surface area contributed by atoms with E-state index in [1.165, 1.54) is 11.6 Å². The molecule has 1 atom stereocenters. The van der Waals surface area contributed by atoms with Crippen LogP contribution in [0.5, 0.6) is 0 Å². The van der Waals surface area contributed by atoms with E-state index in [4.69, 9.17) is 0 Å². The van der Waals surface area contributed by atoms with Crippen LogP contribution in [0.3, 0.4) is 0 Å². The van der Waals surface area contributed by atoms with Gasteiger partial charge in [-0.15, -0.1) is 0 Å². The molecule has 0 aliphatic rings. The van der Waals surface area contributed by atoms with Gasteiger partial charge in [-0.25, -0.2) is 4.39 Å². The Labute approximate surface area is 128 Å². The normalized spacial score (nSPS) is 12.3. The highest BCUT2D eigenvalue weighted by Crippen LogP contribution is 2.27. The molecule has 1 N–H and O–H groups in total. The summed E-state index contributed by atoms with van der Waals surface area (Å²) in [7, 11) is 1.92. The van der Waals surface area contributed by atoms with Gasteiger partial charge in [0.1, 0.15) is 5.82 Å². The Bertz CT molecular complexity index is 542. The van der Waals surface area contributed by atoms with Gasteiger partial charge >= 0.3 is 0 Å². The minimum absolute atomic E-state index is 0.170. The van der Waals surface area contributed by atoms with Crippen molar-refractivity contribution in [2.24, 2.45) is 0 Å². The quantitative estimate of drug-likeness (QED) is 0.793. The van der Waals surface area contributed by atoms with Gasteiger partial charge in [0.2, 0.25) is 0 Å². The molecule has 0 spiro atoms. The molecule has 3 heteroatoms. The zero-order valence-electron chi connectivity index (χ0n) is 11.6. The minimum atomic E-state index is -0.188. The lowest BCUT2D eigenvalue weighted by atomic mass is 9.99. The Balaban J connectivity index is 1.97. The number of hydrogen-bond acceptors (Lipinski definition) is 1. The van der Waals surface area contributed by atoms with E-state index < -0.39 is 0 Å². The summed E-state index contributed by atoms with van der Waals surface area (Å²) in [6.07, 6.45) is 3.10. The zero-order chi connectivity index (χ0) is 14.4. The van der Waals surface area contributed by atoms with Crippen molar-refractivity contribution in [3.63, 3.8) is 0 Å². The lowest BCUT2D eigenvalue weighted by molar-refractivity contribution is 0.520. The number of nitrogens with one attached hydrogen (secondary N) is 1. The highest BCUT2D eigenvalue weighted by atomic mass is 79.9. The molecule has 0 aliphatic carbocycles. The molecule has 106 valence electrons. The van der Waals surface area contributed by atoms with Crippen LogP contribution in [0.25, 0.3) is 0 Å². The topological polar surface area (TPSA) is 12.0 Å². The lowest BCUT2D eigenvalue weighted by Crippen LogP contribution is -2.17. The molecule has 2 rings (SSSR count). The van der Waals surface area contributed by atoms with E-state index in [0.717, 1.165) is 29.3 Å². The van der Waals surface area contributed by atoms with Gasteiger partial charge in [-0.05, 0) is 55.6 Å². The van der Waals surface area contributed by atoms with Crippen LogP contribution < -0.4 is 5.32 Å². The molecule has 0 radical (unpaired) electrons. The van der Waals surface area contributed by atoms with Crippen molar-refractivity contribution in [1.29, 1.82) is 0 Å². The summed E-state index contributed by atoms with van der Waals surface area (Å²) in [5.41, 5.74) is 2.33. The third-order valence-electron chi connectivity index (χ3n) is 3.48. The number of halogens is 2. The van der Waals surface area contributed by atoms with E-state index in [0.29, 0.717) is 0 Å². The molecule has 0 aromatic heterocycles. The first kappa shape index (κ1) is 15.2. The van der Waals surface area contributed by atoms with Crippen molar-refractivity contribution >= 4 is 15.9 Å². The van der Waals surface area contributed by atoms with Crippen LogP contribution in [-0.4, -0.2) is 7.05 Å². The van der Waals surface area contributed by atoms with Crippen LogP contribution in [-0.2, 0) is 6.42 Å². The standard InChI is InChI=1S/C17H19BrFN/c1-20-17(15-12-14(19)10-11-16(15)18)9-5-8-13-6-3-2-4-7-13/h2-4,6-7,10-12,17,20H,5,8-9H2,1H3. The highest BCUT2D eigenvalue weighted by Gasteiger charge is 2.13. The Hall–Kier alpha value is -1.19. The Morgan fingerprint density at radius 3 is 2.60 bits per heavy atom. The van der Waals surface area contributed by atoms with E-state index in [2.05, 4.69) is 45.5 Å². The predicted molar refractivity (Wildman–Crippen MR) is 85.3 cm³/mol.